The summed E-state index contributed by atoms with van der Waals surface area (Å²) in [6, 6.07) is 5.78. The van der Waals surface area contributed by atoms with Gasteiger partial charge >= 0.3 is 0 Å². The topological polar surface area (TPSA) is 46.2 Å². The Kier molecular flexibility index (Phi) is 6.38. The van der Waals surface area contributed by atoms with Crippen molar-refractivity contribution < 1.29 is 8.42 Å². The maximum Gasteiger partial charge on any atom is 0.148 e. The minimum atomic E-state index is -2.94. The van der Waals surface area contributed by atoms with E-state index in [1.807, 2.05) is 18.2 Å². The summed E-state index contributed by atoms with van der Waals surface area (Å²) in [4.78, 5) is 0.967. The van der Waals surface area contributed by atoms with Gasteiger partial charge in [0.1, 0.15) is 9.84 Å². The molecule has 20 heavy (non-hydrogen) atoms. The standard InChI is InChI=1S/C14H22ClNO2S2/c1-14(2,3)16-10-11-6-5-7-12(15)13(11)19-8-9-20(4,17)18/h5-7,16H,8-10H2,1-4H3. The van der Waals surface area contributed by atoms with E-state index in [1.54, 1.807) is 0 Å². The van der Waals surface area contributed by atoms with E-state index in [-0.39, 0.29) is 11.3 Å². The first-order valence-corrected chi connectivity index (χ1v) is 9.84. The van der Waals surface area contributed by atoms with Crippen LogP contribution in [0.5, 0.6) is 0 Å². The molecule has 1 aromatic carbocycles. The zero-order chi connectivity index (χ0) is 15.4. The van der Waals surface area contributed by atoms with Crippen LogP contribution in [0.3, 0.4) is 0 Å². The van der Waals surface area contributed by atoms with Crippen LogP contribution >= 0.6 is 23.4 Å². The Hall–Kier alpha value is -0.230. The third kappa shape index (κ3) is 6.97. The second kappa shape index (κ2) is 7.16. The van der Waals surface area contributed by atoms with Gasteiger partial charge in [-0.15, -0.1) is 11.8 Å². The van der Waals surface area contributed by atoms with E-state index in [0.29, 0.717) is 17.3 Å². The fraction of sp³-hybridized carbons (Fsp3) is 0.571. The van der Waals surface area contributed by atoms with Crippen molar-refractivity contribution in [2.45, 2.75) is 37.8 Å². The van der Waals surface area contributed by atoms with E-state index in [9.17, 15) is 8.42 Å². The van der Waals surface area contributed by atoms with Crippen LogP contribution in [-0.4, -0.2) is 31.7 Å². The van der Waals surface area contributed by atoms with Crippen molar-refractivity contribution in [2.24, 2.45) is 0 Å². The van der Waals surface area contributed by atoms with Gasteiger partial charge in [-0.3, -0.25) is 0 Å². The Morgan fingerprint density at radius 1 is 1.30 bits per heavy atom. The molecule has 0 saturated carbocycles. The van der Waals surface area contributed by atoms with E-state index in [4.69, 9.17) is 11.6 Å². The lowest BCUT2D eigenvalue weighted by Gasteiger charge is -2.22. The van der Waals surface area contributed by atoms with E-state index in [2.05, 4.69) is 26.1 Å². The highest BCUT2D eigenvalue weighted by Gasteiger charge is 2.13. The van der Waals surface area contributed by atoms with Crippen molar-refractivity contribution in [1.82, 2.24) is 5.32 Å². The van der Waals surface area contributed by atoms with Crippen LogP contribution in [0.1, 0.15) is 26.3 Å². The monoisotopic (exact) mass is 335 g/mol. The highest BCUT2D eigenvalue weighted by Crippen LogP contribution is 2.31. The molecule has 0 heterocycles. The molecule has 0 saturated heterocycles. The summed E-state index contributed by atoms with van der Waals surface area (Å²) in [5.41, 5.74) is 1.13. The van der Waals surface area contributed by atoms with Gasteiger partial charge in [-0.2, -0.15) is 0 Å². The number of benzene rings is 1. The first-order chi connectivity index (χ1) is 9.08. The third-order valence-electron chi connectivity index (χ3n) is 2.56. The lowest BCUT2D eigenvalue weighted by Crippen LogP contribution is -2.35. The molecule has 0 atom stereocenters. The second-order valence-corrected chi connectivity index (χ2v) is 9.58. The molecule has 0 radical (unpaired) electrons. The van der Waals surface area contributed by atoms with Crippen LogP contribution in [-0.2, 0) is 16.4 Å². The van der Waals surface area contributed by atoms with Gasteiger partial charge in [0.15, 0.2) is 0 Å². The lowest BCUT2D eigenvalue weighted by molar-refractivity contribution is 0.422. The summed E-state index contributed by atoms with van der Waals surface area (Å²) in [7, 11) is -2.94. The molecule has 0 aliphatic rings. The number of hydrogen-bond acceptors (Lipinski definition) is 4. The van der Waals surface area contributed by atoms with E-state index < -0.39 is 9.84 Å². The molecule has 0 bridgehead atoms. The average Bonchev–Trinajstić information content (AvgIpc) is 2.26. The third-order valence-corrected chi connectivity index (χ3v) is 5.37. The average molecular weight is 336 g/mol. The molecule has 114 valence electrons. The molecule has 0 aromatic heterocycles. The molecule has 1 aromatic rings. The molecule has 1 N–H and O–H groups in total. The Balaban J connectivity index is 2.78. The molecule has 0 amide bonds. The first-order valence-electron chi connectivity index (χ1n) is 6.41. The summed E-state index contributed by atoms with van der Waals surface area (Å²) >= 11 is 7.73. The number of sulfone groups is 1. The van der Waals surface area contributed by atoms with Crippen molar-refractivity contribution in [2.75, 3.05) is 17.8 Å². The van der Waals surface area contributed by atoms with Gasteiger partial charge in [-0.05, 0) is 32.4 Å². The molecule has 0 fully saturated rings. The van der Waals surface area contributed by atoms with Gasteiger partial charge in [0.2, 0.25) is 0 Å². The van der Waals surface area contributed by atoms with Crippen molar-refractivity contribution in [3.05, 3.63) is 28.8 Å². The molecular formula is C14H22ClNO2S2. The SMILES string of the molecule is CC(C)(C)NCc1cccc(Cl)c1SCCS(C)(=O)=O. The summed E-state index contributed by atoms with van der Waals surface area (Å²) in [5, 5.41) is 4.10. The van der Waals surface area contributed by atoms with Crippen LogP contribution in [0.25, 0.3) is 0 Å². The normalized spacial score (nSPS) is 12.7. The number of halogens is 1. The highest BCUT2D eigenvalue weighted by atomic mass is 35.5. The van der Waals surface area contributed by atoms with Crippen LogP contribution in [0.15, 0.2) is 23.1 Å². The van der Waals surface area contributed by atoms with E-state index in [0.717, 1.165) is 10.5 Å². The van der Waals surface area contributed by atoms with Crippen LogP contribution in [0, 0.1) is 0 Å². The molecule has 0 aliphatic heterocycles. The highest BCUT2D eigenvalue weighted by molar-refractivity contribution is 8.00. The van der Waals surface area contributed by atoms with Crippen LogP contribution in [0.2, 0.25) is 5.02 Å². The van der Waals surface area contributed by atoms with E-state index in [1.165, 1.54) is 18.0 Å². The molecule has 0 spiro atoms. The summed E-state index contributed by atoms with van der Waals surface area (Å²) in [5.74, 6) is 0.681. The molecule has 3 nitrogen and oxygen atoms in total. The molecule has 6 heteroatoms. The van der Waals surface area contributed by atoms with Gasteiger partial charge in [0.25, 0.3) is 0 Å². The molecule has 1 rings (SSSR count). The van der Waals surface area contributed by atoms with Crippen molar-refractivity contribution in [3.63, 3.8) is 0 Å². The van der Waals surface area contributed by atoms with Crippen LogP contribution in [0.4, 0.5) is 0 Å². The second-order valence-electron chi connectivity index (χ2n) is 5.81. The Labute approximate surface area is 131 Å². The Morgan fingerprint density at radius 3 is 2.50 bits per heavy atom. The van der Waals surface area contributed by atoms with Gasteiger partial charge in [0.05, 0.1) is 10.8 Å². The van der Waals surface area contributed by atoms with Gasteiger partial charge in [0, 0.05) is 29.0 Å². The first kappa shape index (κ1) is 17.8. The van der Waals surface area contributed by atoms with Crippen molar-refractivity contribution in [3.8, 4) is 0 Å². The maximum atomic E-state index is 11.2. The summed E-state index contributed by atoms with van der Waals surface area (Å²) in [6.07, 6.45) is 1.25. The zero-order valence-corrected chi connectivity index (χ0v) is 14.8. The number of hydrogen-bond donors (Lipinski definition) is 1. The fourth-order valence-corrected chi connectivity index (χ4v) is 4.15. The molecule has 0 aliphatic carbocycles. The number of nitrogens with one attached hydrogen (secondary N) is 1. The van der Waals surface area contributed by atoms with Crippen LogP contribution < -0.4 is 5.32 Å². The summed E-state index contributed by atoms with van der Waals surface area (Å²) in [6.45, 7) is 7.03. The maximum absolute atomic E-state index is 11.2. The lowest BCUT2D eigenvalue weighted by atomic mass is 10.1. The van der Waals surface area contributed by atoms with Gasteiger partial charge in [-0.1, -0.05) is 23.7 Å². The Morgan fingerprint density at radius 2 is 1.95 bits per heavy atom. The smallest absolute Gasteiger partial charge is 0.148 e. The van der Waals surface area contributed by atoms with E-state index >= 15 is 0 Å². The van der Waals surface area contributed by atoms with Crippen molar-refractivity contribution in [1.29, 1.82) is 0 Å². The summed E-state index contributed by atoms with van der Waals surface area (Å²) < 4.78 is 22.4. The number of thioether (sulfide) groups is 1. The van der Waals surface area contributed by atoms with Gasteiger partial charge in [-0.25, -0.2) is 8.42 Å². The number of rotatable bonds is 6. The zero-order valence-electron chi connectivity index (χ0n) is 12.4. The molecule has 0 unspecified atom stereocenters. The Bertz CT molecular complexity index is 551. The quantitative estimate of drug-likeness (QED) is 0.810. The van der Waals surface area contributed by atoms with Gasteiger partial charge < -0.3 is 5.32 Å². The molecular weight excluding hydrogens is 314 g/mol. The predicted molar refractivity (Wildman–Crippen MR) is 88.5 cm³/mol. The van der Waals surface area contributed by atoms with Crippen molar-refractivity contribution >= 4 is 33.2 Å². The minimum absolute atomic E-state index is 0.0248. The predicted octanol–water partition coefficient (Wildman–Crippen LogP) is 3.36. The largest absolute Gasteiger partial charge is 0.308 e. The minimum Gasteiger partial charge on any atom is -0.308 e. The fourth-order valence-electron chi connectivity index (χ4n) is 1.51.